The lowest BCUT2D eigenvalue weighted by molar-refractivity contribution is 0.410. The van der Waals surface area contributed by atoms with E-state index in [9.17, 15) is 8.42 Å². The van der Waals surface area contributed by atoms with E-state index < -0.39 is 10.0 Å². The molecule has 0 aliphatic heterocycles. The summed E-state index contributed by atoms with van der Waals surface area (Å²) in [7, 11) is 1.10. The van der Waals surface area contributed by atoms with Crippen molar-refractivity contribution in [3.05, 3.63) is 48.3 Å². The fourth-order valence-electron chi connectivity index (χ4n) is 3.47. The molecule has 0 radical (unpaired) electrons. The van der Waals surface area contributed by atoms with Gasteiger partial charge in [-0.3, -0.25) is 0 Å². The summed E-state index contributed by atoms with van der Waals surface area (Å²) in [6, 6.07) is 12.6. The summed E-state index contributed by atoms with van der Waals surface area (Å²) in [5, 5.41) is 12.7. The van der Waals surface area contributed by atoms with E-state index in [1.807, 2.05) is 30.3 Å². The van der Waals surface area contributed by atoms with Crippen LogP contribution in [0.3, 0.4) is 0 Å². The molecule has 0 bridgehead atoms. The molecule has 0 saturated carbocycles. The van der Waals surface area contributed by atoms with Crippen molar-refractivity contribution in [2.75, 3.05) is 21.2 Å². The number of sulfonamides is 1. The summed E-state index contributed by atoms with van der Waals surface area (Å²) in [5.74, 6) is 2.00. The number of imidazole rings is 1. The minimum atomic E-state index is -3.54. The normalized spacial score (nSPS) is 12.0. The third-order valence-corrected chi connectivity index (χ3v) is 7.84. The van der Waals surface area contributed by atoms with Crippen LogP contribution >= 0.6 is 11.8 Å². The van der Waals surface area contributed by atoms with E-state index in [1.54, 1.807) is 23.9 Å². The molecule has 0 N–H and O–H groups in total. The fourth-order valence-corrected chi connectivity index (χ4v) is 5.22. The average molecular weight is 488 g/mol. The Morgan fingerprint density at radius 1 is 1.15 bits per heavy atom. The maximum absolute atomic E-state index is 12.6. The van der Waals surface area contributed by atoms with E-state index in [-0.39, 0.29) is 4.90 Å². The van der Waals surface area contributed by atoms with E-state index in [0.29, 0.717) is 22.2 Å². The van der Waals surface area contributed by atoms with Crippen molar-refractivity contribution in [1.29, 1.82) is 0 Å². The minimum absolute atomic E-state index is 0.223. The smallest absolute Gasteiger partial charge is 0.242 e. The molecule has 0 fully saturated rings. The molecule has 4 aromatic rings. The Labute approximate surface area is 196 Å². The molecular weight excluding hydrogens is 462 g/mol. The maximum atomic E-state index is 12.6. The largest absolute Gasteiger partial charge is 0.494 e. The number of aryl methyl sites for hydroxylation is 1. The number of rotatable bonds is 9. The van der Waals surface area contributed by atoms with Crippen molar-refractivity contribution >= 4 is 32.8 Å². The predicted molar refractivity (Wildman–Crippen MR) is 126 cm³/mol. The van der Waals surface area contributed by atoms with Gasteiger partial charge in [0.25, 0.3) is 0 Å². The van der Waals surface area contributed by atoms with E-state index >= 15 is 0 Å². The van der Waals surface area contributed by atoms with Crippen LogP contribution in [0, 0.1) is 0 Å². The Kier molecular flexibility index (Phi) is 6.68. The van der Waals surface area contributed by atoms with Crippen molar-refractivity contribution < 1.29 is 13.2 Å². The van der Waals surface area contributed by atoms with Gasteiger partial charge in [-0.25, -0.2) is 17.7 Å². The van der Waals surface area contributed by atoms with Crippen LogP contribution in [-0.4, -0.2) is 63.7 Å². The van der Waals surface area contributed by atoms with Crippen molar-refractivity contribution in [3.63, 3.8) is 0 Å². The van der Waals surface area contributed by atoms with E-state index in [1.165, 1.54) is 30.2 Å². The third-order valence-electron chi connectivity index (χ3n) is 5.11. The Bertz CT molecular complexity index is 1380. The summed E-state index contributed by atoms with van der Waals surface area (Å²) >= 11 is 1.45. The number of benzene rings is 2. The first-order chi connectivity index (χ1) is 15.9. The number of aromatic nitrogens is 6. The Morgan fingerprint density at radius 2 is 1.94 bits per heavy atom. The van der Waals surface area contributed by atoms with Gasteiger partial charge in [-0.15, -0.1) is 5.10 Å². The lowest BCUT2D eigenvalue weighted by Gasteiger charge is -2.11. The molecule has 12 heteroatoms. The molecule has 4 rings (SSSR count). The highest BCUT2D eigenvalue weighted by Gasteiger charge is 2.20. The van der Waals surface area contributed by atoms with Crippen LogP contribution < -0.4 is 4.74 Å². The number of tetrazole rings is 1. The lowest BCUT2D eigenvalue weighted by Crippen LogP contribution is -2.22. The van der Waals surface area contributed by atoms with Gasteiger partial charge in [0.1, 0.15) is 17.3 Å². The molecular formula is C21H25N7O3S2. The van der Waals surface area contributed by atoms with Gasteiger partial charge in [0.15, 0.2) is 0 Å². The topological polar surface area (TPSA) is 108 Å². The summed E-state index contributed by atoms with van der Waals surface area (Å²) in [6.07, 6.45) is 0.916. The fraction of sp³-hybridized carbons (Fsp3) is 0.333. The van der Waals surface area contributed by atoms with E-state index in [4.69, 9.17) is 9.72 Å². The Hall–Kier alpha value is -2.96. The molecule has 174 valence electrons. The molecule has 2 aromatic heterocycles. The van der Waals surface area contributed by atoms with Gasteiger partial charge < -0.3 is 9.30 Å². The zero-order chi connectivity index (χ0) is 23.6. The first-order valence-corrected chi connectivity index (χ1v) is 12.8. The van der Waals surface area contributed by atoms with Crippen LogP contribution in [0.4, 0.5) is 0 Å². The highest BCUT2D eigenvalue weighted by atomic mass is 32.2. The number of para-hydroxylation sites is 2. The lowest BCUT2D eigenvalue weighted by atomic mass is 10.3. The van der Waals surface area contributed by atoms with Crippen LogP contribution in [-0.2, 0) is 22.3 Å². The first-order valence-electron chi connectivity index (χ1n) is 10.3. The van der Waals surface area contributed by atoms with Gasteiger partial charge in [0, 0.05) is 20.6 Å². The highest BCUT2D eigenvalue weighted by molar-refractivity contribution is 7.98. The third kappa shape index (κ3) is 4.45. The highest BCUT2D eigenvalue weighted by Crippen LogP contribution is 2.29. The second-order valence-electron chi connectivity index (χ2n) is 7.45. The summed E-state index contributed by atoms with van der Waals surface area (Å²) < 4.78 is 35.5. The first kappa shape index (κ1) is 23.2. The second kappa shape index (κ2) is 9.49. The van der Waals surface area contributed by atoms with E-state index in [2.05, 4.69) is 27.0 Å². The van der Waals surface area contributed by atoms with Gasteiger partial charge >= 0.3 is 0 Å². The number of fused-ring (bicyclic) bond motifs is 1. The quantitative estimate of drug-likeness (QED) is 0.332. The van der Waals surface area contributed by atoms with Crippen LogP contribution in [0.1, 0.15) is 19.2 Å². The number of nitrogens with zero attached hydrogens (tertiary/aromatic N) is 7. The molecule has 10 nitrogen and oxygen atoms in total. The minimum Gasteiger partial charge on any atom is -0.494 e. The molecule has 2 heterocycles. The van der Waals surface area contributed by atoms with E-state index in [0.717, 1.165) is 30.0 Å². The van der Waals surface area contributed by atoms with Crippen molar-refractivity contribution in [3.8, 4) is 11.4 Å². The SMILES string of the molecule is CCCn1c(CSc2nnnn2-c2ccccc2OC)nc2cc(S(=O)(=O)N(C)C)ccc21. The van der Waals surface area contributed by atoms with Gasteiger partial charge in [-0.1, -0.05) is 30.8 Å². The van der Waals surface area contributed by atoms with Gasteiger partial charge in [0.2, 0.25) is 15.2 Å². The average Bonchev–Trinajstić information content (AvgIpc) is 3.41. The number of hydrogen-bond donors (Lipinski definition) is 0. The monoisotopic (exact) mass is 487 g/mol. The second-order valence-corrected chi connectivity index (χ2v) is 10.5. The number of methoxy groups -OCH3 is 1. The van der Waals surface area contributed by atoms with Crippen LogP contribution in [0.2, 0.25) is 0 Å². The van der Waals surface area contributed by atoms with Crippen LogP contribution in [0.15, 0.2) is 52.5 Å². The molecule has 0 aliphatic rings. The zero-order valence-electron chi connectivity index (χ0n) is 18.8. The molecule has 0 unspecified atom stereocenters. The van der Waals surface area contributed by atoms with Crippen molar-refractivity contribution in [2.24, 2.45) is 0 Å². The Morgan fingerprint density at radius 3 is 2.67 bits per heavy atom. The Balaban J connectivity index is 1.67. The van der Waals surface area contributed by atoms with Gasteiger partial charge in [0.05, 0.1) is 28.8 Å². The zero-order valence-corrected chi connectivity index (χ0v) is 20.5. The molecule has 33 heavy (non-hydrogen) atoms. The van der Waals surface area contributed by atoms with Gasteiger partial charge in [-0.05, 0) is 47.2 Å². The maximum Gasteiger partial charge on any atom is 0.242 e. The standard InChI is InChI=1S/C21H25N7O3S2/c1-5-12-27-17-11-10-15(33(29,30)26(2)3)13-16(17)22-20(27)14-32-21-23-24-25-28(21)18-8-6-7-9-19(18)31-4/h6-11,13H,5,12,14H2,1-4H3. The van der Waals surface area contributed by atoms with Crippen molar-refractivity contribution in [1.82, 2.24) is 34.1 Å². The molecule has 0 atom stereocenters. The number of thioether (sulfide) groups is 1. The number of hydrogen-bond acceptors (Lipinski definition) is 8. The summed E-state index contributed by atoms with van der Waals surface area (Å²) in [6.45, 7) is 2.86. The van der Waals surface area contributed by atoms with Crippen LogP contribution in [0.5, 0.6) is 5.75 Å². The van der Waals surface area contributed by atoms with Crippen molar-refractivity contribution in [2.45, 2.75) is 35.7 Å². The summed E-state index contributed by atoms with van der Waals surface area (Å²) in [5.41, 5.74) is 2.29. The van der Waals surface area contributed by atoms with Crippen LogP contribution in [0.25, 0.3) is 16.7 Å². The summed E-state index contributed by atoms with van der Waals surface area (Å²) in [4.78, 5) is 4.98. The molecule has 0 spiro atoms. The molecule has 0 saturated heterocycles. The molecule has 2 aromatic carbocycles. The number of ether oxygens (including phenoxy) is 1. The molecule has 0 amide bonds. The predicted octanol–water partition coefficient (Wildman–Crippen LogP) is 2.97. The van der Waals surface area contributed by atoms with Gasteiger partial charge in [-0.2, -0.15) is 4.68 Å². The molecule has 0 aliphatic carbocycles.